The van der Waals surface area contributed by atoms with E-state index in [2.05, 4.69) is 20.9 Å². The van der Waals surface area contributed by atoms with Crippen LogP contribution in [0.5, 0.6) is 0 Å². The van der Waals surface area contributed by atoms with Crippen LogP contribution in [-0.2, 0) is 7.05 Å². The van der Waals surface area contributed by atoms with Crippen molar-refractivity contribution in [3.63, 3.8) is 0 Å². The summed E-state index contributed by atoms with van der Waals surface area (Å²) in [5.41, 5.74) is 2.43. The number of halogens is 1. The van der Waals surface area contributed by atoms with Gasteiger partial charge in [-0.3, -0.25) is 4.79 Å². The normalized spacial score (nSPS) is 10.8. The minimum absolute atomic E-state index is 0.0555. The molecule has 0 aliphatic carbocycles. The summed E-state index contributed by atoms with van der Waals surface area (Å²) in [5, 5.41) is 0. The number of Topliss-reactive ketones (excluding diaryl/α,β-unsaturated/α-hetero) is 1. The van der Waals surface area contributed by atoms with E-state index in [9.17, 15) is 4.79 Å². The molecule has 0 atom stereocenters. The van der Waals surface area contributed by atoms with Crippen LogP contribution in [0, 0.1) is 0 Å². The second-order valence-electron chi connectivity index (χ2n) is 3.23. The third-order valence-corrected chi connectivity index (χ3v) is 2.61. The zero-order valence-electron chi connectivity index (χ0n) is 7.91. The molecule has 0 aliphatic heterocycles. The van der Waals surface area contributed by atoms with E-state index in [0.717, 1.165) is 15.5 Å². The van der Waals surface area contributed by atoms with Gasteiger partial charge in [-0.2, -0.15) is 0 Å². The van der Waals surface area contributed by atoms with Crippen molar-refractivity contribution in [2.45, 2.75) is 6.92 Å². The number of carbonyl (C=O) groups excluding carboxylic acids is 1. The first-order chi connectivity index (χ1) is 6.59. The molecule has 0 amide bonds. The van der Waals surface area contributed by atoms with E-state index in [-0.39, 0.29) is 5.78 Å². The highest BCUT2D eigenvalue weighted by molar-refractivity contribution is 9.10. The van der Waals surface area contributed by atoms with Gasteiger partial charge >= 0.3 is 0 Å². The molecule has 2 rings (SSSR count). The molecular weight excluding hydrogens is 244 g/mol. The summed E-state index contributed by atoms with van der Waals surface area (Å²) < 4.78 is 2.74. The Morgan fingerprint density at radius 2 is 2.21 bits per heavy atom. The molecule has 1 aromatic heterocycles. The number of hydrogen-bond donors (Lipinski definition) is 0. The van der Waals surface area contributed by atoms with Gasteiger partial charge in [-0.25, -0.2) is 4.98 Å². The van der Waals surface area contributed by atoms with E-state index in [0.29, 0.717) is 5.56 Å². The molecule has 72 valence electrons. The van der Waals surface area contributed by atoms with Crippen molar-refractivity contribution >= 4 is 32.7 Å². The number of aryl methyl sites for hydroxylation is 1. The van der Waals surface area contributed by atoms with E-state index in [1.807, 2.05) is 23.7 Å². The third kappa shape index (κ3) is 1.35. The van der Waals surface area contributed by atoms with E-state index in [1.54, 1.807) is 13.3 Å². The second-order valence-corrected chi connectivity index (χ2v) is 4.15. The van der Waals surface area contributed by atoms with Crippen molar-refractivity contribution in [2.75, 3.05) is 0 Å². The molecule has 0 fully saturated rings. The third-order valence-electron chi connectivity index (χ3n) is 2.16. The van der Waals surface area contributed by atoms with Crippen LogP contribution in [-0.4, -0.2) is 15.3 Å². The fraction of sp³-hybridized carbons (Fsp3) is 0.200. The van der Waals surface area contributed by atoms with Crippen LogP contribution >= 0.6 is 15.9 Å². The van der Waals surface area contributed by atoms with Gasteiger partial charge in [-0.1, -0.05) is 15.9 Å². The van der Waals surface area contributed by atoms with Crippen LogP contribution in [0.2, 0.25) is 0 Å². The lowest BCUT2D eigenvalue weighted by Crippen LogP contribution is -1.97. The quantitative estimate of drug-likeness (QED) is 0.732. The van der Waals surface area contributed by atoms with E-state index < -0.39 is 0 Å². The van der Waals surface area contributed by atoms with Crippen LogP contribution in [0.15, 0.2) is 22.9 Å². The van der Waals surface area contributed by atoms with Crippen LogP contribution in [0.25, 0.3) is 11.0 Å². The summed E-state index contributed by atoms with van der Waals surface area (Å²) >= 11 is 3.36. The highest BCUT2D eigenvalue weighted by Crippen LogP contribution is 2.23. The minimum atomic E-state index is 0.0555. The number of hydrogen-bond acceptors (Lipinski definition) is 2. The predicted octanol–water partition coefficient (Wildman–Crippen LogP) is 2.54. The first-order valence-electron chi connectivity index (χ1n) is 4.21. The maximum Gasteiger partial charge on any atom is 0.162 e. The molecule has 3 nitrogen and oxygen atoms in total. The summed E-state index contributed by atoms with van der Waals surface area (Å²) in [6, 6.07) is 3.73. The Kier molecular flexibility index (Phi) is 2.15. The second kappa shape index (κ2) is 3.20. The summed E-state index contributed by atoms with van der Waals surface area (Å²) in [6.07, 6.45) is 1.71. The molecule has 0 radical (unpaired) electrons. The SMILES string of the molecule is CC(=O)c1cc(Br)cc2ncn(C)c12. The molecule has 0 aliphatic rings. The summed E-state index contributed by atoms with van der Waals surface area (Å²) in [5.74, 6) is 0.0555. The van der Waals surface area contributed by atoms with Gasteiger partial charge in [0.05, 0.1) is 17.4 Å². The average Bonchev–Trinajstić information content (AvgIpc) is 2.46. The number of imidazole rings is 1. The van der Waals surface area contributed by atoms with Crippen LogP contribution in [0.1, 0.15) is 17.3 Å². The number of rotatable bonds is 1. The zero-order valence-corrected chi connectivity index (χ0v) is 9.50. The van der Waals surface area contributed by atoms with Gasteiger partial charge in [0.2, 0.25) is 0 Å². The van der Waals surface area contributed by atoms with Crippen molar-refractivity contribution in [1.29, 1.82) is 0 Å². The number of aromatic nitrogens is 2. The van der Waals surface area contributed by atoms with Gasteiger partial charge in [-0.05, 0) is 19.1 Å². The molecule has 0 unspecified atom stereocenters. The Balaban J connectivity index is 2.90. The van der Waals surface area contributed by atoms with E-state index in [1.165, 1.54) is 0 Å². The standard InChI is InChI=1S/C10H9BrN2O/c1-6(14)8-3-7(11)4-9-10(8)13(2)5-12-9/h3-5H,1-2H3. The molecular formula is C10H9BrN2O. The van der Waals surface area contributed by atoms with Gasteiger partial charge in [0.1, 0.15) is 0 Å². The number of ketones is 1. The number of fused-ring (bicyclic) bond motifs is 1. The van der Waals surface area contributed by atoms with Gasteiger partial charge in [0, 0.05) is 17.1 Å². The van der Waals surface area contributed by atoms with Gasteiger partial charge in [0.15, 0.2) is 5.78 Å². The fourth-order valence-electron chi connectivity index (χ4n) is 1.53. The molecule has 0 N–H and O–H groups in total. The Bertz CT molecular complexity index is 516. The summed E-state index contributed by atoms with van der Waals surface area (Å²) in [6.45, 7) is 1.56. The lowest BCUT2D eigenvalue weighted by atomic mass is 10.1. The van der Waals surface area contributed by atoms with Crippen molar-refractivity contribution < 1.29 is 4.79 Å². The largest absolute Gasteiger partial charge is 0.333 e. The Hall–Kier alpha value is -1.16. The molecule has 14 heavy (non-hydrogen) atoms. The summed E-state index contributed by atoms with van der Waals surface area (Å²) in [4.78, 5) is 15.6. The van der Waals surface area contributed by atoms with Gasteiger partial charge in [0.25, 0.3) is 0 Å². The predicted molar refractivity (Wildman–Crippen MR) is 58.4 cm³/mol. The fourth-order valence-corrected chi connectivity index (χ4v) is 1.97. The number of carbonyl (C=O) groups is 1. The Morgan fingerprint density at radius 3 is 2.86 bits per heavy atom. The van der Waals surface area contributed by atoms with Crippen molar-refractivity contribution in [3.8, 4) is 0 Å². The zero-order chi connectivity index (χ0) is 10.3. The molecule has 4 heteroatoms. The van der Waals surface area contributed by atoms with Crippen LogP contribution < -0.4 is 0 Å². The topological polar surface area (TPSA) is 34.9 Å². The highest BCUT2D eigenvalue weighted by Gasteiger charge is 2.10. The van der Waals surface area contributed by atoms with Crippen LogP contribution in [0.3, 0.4) is 0 Å². The molecule has 0 saturated carbocycles. The average molecular weight is 253 g/mol. The molecule has 0 saturated heterocycles. The molecule has 1 heterocycles. The van der Waals surface area contributed by atoms with Crippen molar-refractivity contribution in [1.82, 2.24) is 9.55 Å². The molecule has 0 bridgehead atoms. The van der Waals surface area contributed by atoms with Crippen molar-refractivity contribution in [3.05, 3.63) is 28.5 Å². The number of nitrogens with zero attached hydrogens (tertiary/aromatic N) is 2. The molecule has 0 spiro atoms. The first kappa shape index (κ1) is 9.40. The Labute approximate surface area is 89.9 Å². The number of benzene rings is 1. The molecule has 1 aromatic carbocycles. The molecule has 2 aromatic rings. The minimum Gasteiger partial charge on any atom is -0.333 e. The van der Waals surface area contributed by atoms with Gasteiger partial charge < -0.3 is 4.57 Å². The Morgan fingerprint density at radius 1 is 1.50 bits per heavy atom. The van der Waals surface area contributed by atoms with E-state index >= 15 is 0 Å². The van der Waals surface area contributed by atoms with Gasteiger partial charge in [-0.15, -0.1) is 0 Å². The lowest BCUT2D eigenvalue weighted by molar-refractivity contribution is 0.101. The maximum atomic E-state index is 11.4. The first-order valence-corrected chi connectivity index (χ1v) is 5.00. The smallest absolute Gasteiger partial charge is 0.162 e. The van der Waals surface area contributed by atoms with Crippen molar-refractivity contribution in [2.24, 2.45) is 7.05 Å². The summed E-state index contributed by atoms with van der Waals surface area (Å²) in [7, 11) is 1.88. The van der Waals surface area contributed by atoms with Crippen LogP contribution in [0.4, 0.5) is 0 Å². The highest BCUT2D eigenvalue weighted by atomic mass is 79.9. The lowest BCUT2D eigenvalue weighted by Gasteiger charge is -2.02. The maximum absolute atomic E-state index is 11.4. The monoisotopic (exact) mass is 252 g/mol. The van der Waals surface area contributed by atoms with E-state index in [4.69, 9.17) is 0 Å².